The summed E-state index contributed by atoms with van der Waals surface area (Å²) in [7, 11) is 3.90. The maximum Gasteiger partial charge on any atom is 0.225 e. The van der Waals surface area contributed by atoms with Gasteiger partial charge in [-0.1, -0.05) is 30.3 Å². The lowest BCUT2D eigenvalue weighted by Crippen LogP contribution is -2.18. The summed E-state index contributed by atoms with van der Waals surface area (Å²) >= 11 is 1.64. The largest absolute Gasteiger partial charge is 0.357 e. The molecule has 1 aromatic carbocycles. The summed E-state index contributed by atoms with van der Waals surface area (Å²) in [6, 6.07) is 12.5. The van der Waals surface area contributed by atoms with Gasteiger partial charge in [0.25, 0.3) is 0 Å². The van der Waals surface area contributed by atoms with E-state index in [1.54, 1.807) is 11.3 Å². The quantitative estimate of drug-likeness (QED) is 0.797. The van der Waals surface area contributed by atoms with E-state index in [-0.39, 0.29) is 0 Å². The van der Waals surface area contributed by atoms with Gasteiger partial charge < -0.3 is 10.2 Å². The third-order valence-corrected chi connectivity index (χ3v) is 3.96. The van der Waals surface area contributed by atoms with Crippen molar-refractivity contribution in [1.29, 1.82) is 0 Å². The average Bonchev–Trinajstić information content (AvgIpc) is 2.95. The number of nitrogens with zero attached hydrogens (tertiary/aromatic N) is 3. The monoisotopic (exact) mass is 284 g/mol. The molecule has 0 unspecified atom stereocenters. The van der Waals surface area contributed by atoms with Crippen LogP contribution in [0.25, 0.3) is 10.2 Å². The van der Waals surface area contributed by atoms with E-state index >= 15 is 0 Å². The van der Waals surface area contributed by atoms with E-state index in [9.17, 15) is 0 Å². The minimum Gasteiger partial charge on any atom is -0.357 e. The molecule has 4 nitrogen and oxygen atoms in total. The first-order valence-corrected chi connectivity index (χ1v) is 7.34. The van der Waals surface area contributed by atoms with Gasteiger partial charge in [0.15, 0.2) is 0 Å². The lowest BCUT2D eigenvalue weighted by Gasteiger charge is -2.19. The average molecular weight is 284 g/mol. The van der Waals surface area contributed by atoms with Crippen LogP contribution in [0.5, 0.6) is 0 Å². The van der Waals surface area contributed by atoms with Crippen molar-refractivity contribution in [3.8, 4) is 0 Å². The molecule has 2 aromatic heterocycles. The predicted molar refractivity (Wildman–Crippen MR) is 85.5 cm³/mol. The number of hydrogen-bond donors (Lipinski definition) is 1. The highest BCUT2D eigenvalue weighted by atomic mass is 32.1. The van der Waals surface area contributed by atoms with Gasteiger partial charge in [0.1, 0.15) is 10.6 Å². The fraction of sp³-hybridized carbons (Fsp3) is 0.200. The molecule has 102 valence electrons. The standard InChI is InChI=1S/C15H16N4S/c1-16-15-17-13(12-8-9-20-14(12)18-15)19(2)10-11-6-4-3-5-7-11/h3-9H,10H2,1-2H3,(H,16,17,18). The van der Waals surface area contributed by atoms with Crippen molar-refractivity contribution >= 4 is 33.3 Å². The van der Waals surface area contributed by atoms with Crippen molar-refractivity contribution in [3.63, 3.8) is 0 Å². The van der Waals surface area contributed by atoms with Crippen molar-refractivity contribution in [2.24, 2.45) is 0 Å². The Morgan fingerprint density at radius 1 is 1.15 bits per heavy atom. The number of hydrogen-bond acceptors (Lipinski definition) is 5. The number of nitrogens with one attached hydrogen (secondary N) is 1. The van der Waals surface area contributed by atoms with Gasteiger partial charge in [0, 0.05) is 20.6 Å². The van der Waals surface area contributed by atoms with Crippen molar-refractivity contribution in [1.82, 2.24) is 9.97 Å². The maximum absolute atomic E-state index is 4.60. The molecule has 20 heavy (non-hydrogen) atoms. The van der Waals surface area contributed by atoms with Crippen molar-refractivity contribution in [3.05, 3.63) is 47.3 Å². The van der Waals surface area contributed by atoms with Crippen LogP contribution in [-0.4, -0.2) is 24.1 Å². The van der Waals surface area contributed by atoms with Crippen LogP contribution in [0.2, 0.25) is 0 Å². The van der Waals surface area contributed by atoms with E-state index in [1.165, 1.54) is 5.56 Å². The van der Waals surface area contributed by atoms with E-state index in [2.05, 4.69) is 62.9 Å². The van der Waals surface area contributed by atoms with E-state index in [0.29, 0.717) is 5.95 Å². The number of fused-ring (bicyclic) bond motifs is 1. The Labute approximate surface area is 122 Å². The van der Waals surface area contributed by atoms with E-state index in [0.717, 1.165) is 22.6 Å². The second-order valence-electron chi connectivity index (χ2n) is 4.60. The molecule has 5 heteroatoms. The van der Waals surface area contributed by atoms with Gasteiger partial charge in [-0.25, -0.2) is 4.98 Å². The van der Waals surface area contributed by atoms with Gasteiger partial charge in [0.05, 0.1) is 5.39 Å². The maximum atomic E-state index is 4.60. The predicted octanol–water partition coefficient (Wildman–Crippen LogP) is 3.37. The zero-order valence-corrected chi connectivity index (χ0v) is 12.3. The molecule has 0 fully saturated rings. The molecule has 3 aromatic rings. The number of benzene rings is 1. The Hall–Kier alpha value is -2.14. The summed E-state index contributed by atoms with van der Waals surface area (Å²) in [5.74, 6) is 1.62. The van der Waals surface area contributed by atoms with Crippen LogP contribution >= 0.6 is 11.3 Å². The first kappa shape index (κ1) is 12.9. The first-order chi connectivity index (χ1) is 9.78. The molecule has 0 aliphatic heterocycles. The van der Waals surface area contributed by atoms with Crippen LogP contribution in [0.4, 0.5) is 11.8 Å². The zero-order valence-electron chi connectivity index (χ0n) is 11.5. The second-order valence-corrected chi connectivity index (χ2v) is 5.50. The van der Waals surface area contributed by atoms with Crippen LogP contribution in [0.15, 0.2) is 41.8 Å². The fourth-order valence-electron chi connectivity index (χ4n) is 2.17. The van der Waals surface area contributed by atoms with Crippen molar-refractivity contribution in [2.45, 2.75) is 6.54 Å². The van der Waals surface area contributed by atoms with Crippen LogP contribution < -0.4 is 10.2 Å². The SMILES string of the molecule is CNc1nc(N(C)Cc2ccccc2)c2ccsc2n1. The number of thiophene rings is 1. The van der Waals surface area contributed by atoms with E-state index in [1.807, 2.05) is 13.1 Å². The first-order valence-electron chi connectivity index (χ1n) is 6.46. The summed E-state index contributed by atoms with van der Waals surface area (Å²) in [6.45, 7) is 0.825. The third kappa shape index (κ3) is 2.44. The molecule has 1 N–H and O–H groups in total. The van der Waals surface area contributed by atoms with Crippen molar-refractivity contribution < 1.29 is 0 Å². The molecule has 0 atom stereocenters. The lowest BCUT2D eigenvalue weighted by molar-refractivity contribution is 0.902. The molecular weight excluding hydrogens is 268 g/mol. The number of rotatable bonds is 4. The third-order valence-electron chi connectivity index (χ3n) is 3.15. The Balaban J connectivity index is 1.98. The van der Waals surface area contributed by atoms with Crippen LogP contribution in [-0.2, 0) is 6.54 Å². The molecule has 0 spiro atoms. The highest BCUT2D eigenvalue weighted by molar-refractivity contribution is 7.16. The molecule has 0 aliphatic rings. The lowest BCUT2D eigenvalue weighted by atomic mass is 10.2. The van der Waals surface area contributed by atoms with E-state index in [4.69, 9.17) is 0 Å². The molecule has 0 saturated carbocycles. The minimum absolute atomic E-state index is 0.662. The fourth-order valence-corrected chi connectivity index (χ4v) is 2.93. The van der Waals surface area contributed by atoms with Crippen molar-refractivity contribution in [2.75, 3.05) is 24.3 Å². The number of aromatic nitrogens is 2. The van der Waals surface area contributed by atoms with Crippen LogP contribution in [0.3, 0.4) is 0 Å². The Bertz CT molecular complexity index is 708. The summed E-state index contributed by atoms with van der Waals surface area (Å²) in [5, 5.41) is 6.18. The zero-order chi connectivity index (χ0) is 13.9. The van der Waals surface area contributed by atoms with Gasteiger partial charge in [-0.2, -0.15) is 4.98 Å². The second kappa shape index (κ2) is 5.46. The molecule has 0 aliphatic carbocycles. The summed E-state index contributed by atoms with van der Waals surface area (Å²) in [4.78, 5) is 12.2. The highest BCUT2D eigenvalue weighted by Crippen LogP contribution is 2.29. The van der Waals surface area contributed by atoms with Gasteiger partial charge >= 0.3 is 0 Å². The Kier molecular flexibility index (Phi) is 3.52. The normalized spacial score (nSPS) is 10.7. The summed E-state index contributed by atoms with van der Waals surface area (Å²) in [6.07, 6.45) is 0. The topological polar surface area (TPSA) is 41.1 Å². The minimum atomic E-state index is 0.662. The highest BCUT2D eigenvalue weighted by Gasteiger charge is 2.12. The summed E-state index contributed by atoms with van der Waals surface area (Å²) < 4.78 is 0. The van der Waals surface area contributed by atoms with Gasteiger partial charge in [-0.05, 0) is 17.0 Å². The van der Waals surface area contributed by atoms with Gasteiger partial charge in [0.2, 0.25) is 5.95 Å². The summed E-state index contributed by atoms with van der Waals surface area (Å²) in [5.41, 5.74) is 1.27. The number of anilines is 2. The molecular formula is C15H16N4S. The molecule has 0 amide bonds. The van der Waals surface area contributed by atoms with Gasteiger partial charge in [-0.15, -0.1) is 11.3 Å². The van der Waals surface area contributed by atoms with E-state index < -0.39 is 0 Å². The van der Waals surface area contributed by atoms with Crippen LogP contribution in [0.1, 0.15) is 5.56 Å². The molecule has 0 radical (unpaired) electrons. The van der Waals surface area contributed by atoms with Gasteiger partial charge in [-0.3, -0.25) is 0 Å². The molecule has 0 bridgehead atoms. The Morgan fingerprint density at radius 2 is 1.95 bits per heavy atom. The van der Waals surface area contributed by atoms with Crippen LogP contribution in [0, 0.1) is 0 Å². The molecule has 2 heterocycles. The molecule has 0 saturated heterocycles. The Morgan fingerprint density at radius 3 is 2.70 bits per heavy atom. The smallest absolute Gasteiger partial charge is 0.225 e. The molecule has 3 rings (SSSR count).